The van der Waals surface area contributed by atoms with Crippen LogP contribution in [0.3, 0.4) is 0 Å². The smallest absolute Gasteiger partial charge is 0.234 e. The molecule has 4 rings (SSSR count). The average Bonchev–Trinajstić information content (AvgIpc) is 3.11. The number of nitrogens with two attached hydrogens (primary N) is 1. The highest BCUT2D eigenvalue weighted by Gasteiger charge is 2.57. The minimum absolute atomic E-state index is 0.0417. The number of carbonyl (C=O) groups excluding carboxylic acids is 1. The molecule has 10 heteroatoms. The highest BCUT2D eigenvalue weighted by molar-refractivity contribution is 7.93. The van der Waals surface area contributed by atoms with E-state index < -0.39 is 37.1 Å². The third-order valence-electron chi connectivity index (χ3n) is 6.08. The fraction of sp³-hybridized carbons (Fsp3) is 0.579. The lowest BCUT2D eigenvalue weighted by Gasteiger charge is -2.39. The molecular weight excluding hydrogens is 401 g/mol. The molecule has 1 spiro atoms. The number of ether oxygens (including phenoxy) is 2. The molecule has 1 amide bonds. The third kappa shape index (κ3) is 3.04. The van der Waals surface area contributed by atoms with Crippen molar-refractivity contribution in [2.75, 3.05) is 37.5 Å². The predicted molar refractivity (Wildman–Crippen MR) is 105 cm³/mol. The Morgan fingerprint density at radius 1 is 1.24 bits per heavy atom. The summed E-state index contributed by atoms with van der Waals surface area (Å²) < 4.78 is 50.0. The molecule has 0 aliphatic carbocycles. The Kier molecular flexibility index (Phi) is 4.52. The molecule has 2 fully saturated rings. The number of carbonyl (C=O) groups is 1. The zero-order chi connectivity index (χ0) is 21.1. The number of hydrogen-bond donors (Lipinski definition) is 2. The molecule has 2 atom stereocenters. The van der Waals surface area contributed by atoms with E-state index in [-0.39, 0.29) is 36.9 Å². The second kappa shape index (κ2) is 6.48. The van der Waals surface area contributed by atoms with Gasteiger partial charge in [0.15, 0.2) is 14.6 Å². The van der Waals surface area contributed by atoms with E-state index in [1.54, 1.807) is 6.92 Å². The van der Waals surface area contributed by atoms with Crippen LogP contribution in [0.5, 0.6) is 0 Å². The quantitative estimate of drug-likeness (QED) is 0.744. The summed E-state index contributed by atoms with van der Waals surface area (Å²) >= 11 is 0. The number of halogens is 1. The molecule has 0 bridgehead atoms. The summed E-state index contributed by atoms with van der Waals surface area (Å²) in [5.41, 5.74) is 4.47. The average molecular weight is 425 g/mol. The van der Waals surface area contributed by atoms with E-state index in [1.807, 2.05) is 0 Å². The topological polar surface area (TPSA) is 120 Å². The van der Waals surface area contributed by atoms with Gasteiger partial charge in [0.2, 0.25) is 5.91 Å². The van der Waals surface area contributed by atoms with Crippen molar-refractivity contribution in [2.45, 2.75) is 30.6 Å². The minimum atomic E-state index is -3.75. The van der Waals surface area contributed by atoms with Crippen LogP contribution in [0.1, 0.15) is 25.8 Å². The van der Waals surface area contributed by atoms with Gasteiger partial charge in [0.1, 0.15) is 17.2 Å². The van der Waals surface area contributed by atoms with Crippen molar-refractivity contribution in [1.82, 2.24) is 0 Å². The summed E-state index contributed by atoms with van der Waals surface area (Å²) in [5.74, 6) is -1.32. The fourth-order valence-electron chi connectivity index (χ4n) is 4.04. The number of nitrogens with one attached hydrogen (secondary N) is 1. The normalized spacial score (nSPS) is 32.4. The second-order valence-electron chi connectivity index (χ2n) is 8.53. The number of aliphatic imine (C=N–C) groups is 1. The molecular formula is C19H24FN3O5S. The van der Waals surface area contributed by atoms with Gasteiger partial charge in [0, 0.05) is 17.9 Å². The van der Waals surface area contributed by atoms with E-state index in [0.717, 1.165) is 0 Å². The van der Waals surface area contributed by atoms with Gasteiger partial charge in [-0.15, -0.1) is 0 Å². The first-order valence-electron chi connectivity index (χ1n) is 9.37. The summed E-state index contributed by atoms with van der Waals surface area (Å²) in [5, 5.41) is 2.75. The van der Waals surface area contributed by atoms with Gasteiger partial charge in [-0.2, -0.15) is 0 Å². The van der Waals surface area contributed by atoms with Crippen molar-refractivity contribution >= 4 is 27.3 Å². The van der Waals surface area contributed by atoms with Crippen LogP contribution in [-0.4, -0.2) is 57.1 Å². The van der Waals surface area contributed by atoms with E-state index in [1.165, 1.54) is 25.1 Å². The van der Waals surface area contributed by atoms with E-state index in [2.05, 4.69) is 10.3 Å². The largest absolute Gasteiger partial charge is 0.386 e. The Morgan fingerprint density at radius 3 is 2.52 bits per heavy atom. The lowest BCUT2D eigenvalue weighted by Crippen LogP contribution is -2.58. The number of anilines is 1. The van der Waals surface area contributed by atoms with Crippen molar-refractivity contribution in [3.05, 3.63) is 29.6 Å². The predicted octanol–water partition coefficient (Wildman–Crippen LogP) is 0.961. The molecule has 1 aromatic rings. The third-order valence-corrected chi connectivity index (χ3v) is 8.74. The Bertz CT molecular complexity index is 999. The second-order valence-corrected chi connectivity index (χ2v) is 10.8. The highest BCUT2D eigenvalue weighted by atomic mass is 32.2. The van der Waals surface area contributed by atoms with Gasteiger partial charge in [-0.05, 0) is 38.5 Å². The van der Waals surface area contributed by atoms with E-state index >= 15 is 0 Å². The van der Waals surface area contributed by atoms with Crippen molar-refractivity contribution in [3.8, 4) is 0 Å². The molecule has 3 N–H and O–H groups in total. The summed E-state index contributed by atoms with van der Waals surface area (Å²) in [7, 11) is -3.75. The molecule has 0 unspecified atom stereocenters. The maximum Gasteiger partial charge on any atom is 0.234 e. The van der Waals surface area contributed by atoms with Crippen LogP contribution in [0.15, 0.2) is 23.2 Å². The molecule has 29 heavy (non-hydrogen) atoms. The monoisotopic (exact) mass is 425 g/mol. The summed E-state index contributed by atoms with van der Waals surface area (Å²) in [4.78, 5) is 16.9. The molecule has 0 radical (unpaired) electrons. The highest BCUT2D eigenvalue weighted by Crippen LogP contribution is 2.42. The summed E-state index contributed by atoms with van der Waals surface area (Å²) in [6.07, 6.45) is 0.236. The zero-order valence-electron chi connectivity index (χ0n) is 16.3. The lowest BCUT2D eigenvalue weighted by atomic mass is 9.87. The van der Waals surface area contributed by atoms with Crippen LogP contribution in [-0.2, 0) is 29.6 Å². The Hall–Kier alpha value is -2.04. The zero-order valence-corrected chi connectivity index (χ0v) is 17.1. The van der Waals surface area contributed by atoms with Gasteiger partial charge in [-0.3, -0.25) is 9.79 Å². The molecule has 3 heterocycles. The van der Waals surface area contributed by atoms with Crippen molar-refractivity contribution in [1.29, 1.82) is 0 Å². The molecule has 2 saturated heterocycles. The van der Waals surface area contributed by atoms with E-state index in [0.29, 0.717) is 18.9 Å². The minimum Gasteiger partial charge on any atom is -0.386 e. The first kappa shape index (κ1) is 20.2. The van der Waals surface area contributed by atoms with Crippen LogP contribution in [0.4, 0.5) is 10.1 Å². The number of amidine groups is 1. The molecule has 3 aliphatic heterocycles. The van der Waals surface area contributed by atoms with Crippen molar-refractivity contribution in [2.24, 2.45) is 16.1 Å². The molecule has 1 aromatic carbocycles. The van der Waals surface area contributed by atoms with Crippen LogP contribution in [0, 0.1) is 11.2 Å². The lowest BCUT2D eigenvalue weighted by molar-refractivity contribution is -0.151. The summed E-state index contributed by atoms with van der Waals surface area (Å²) in [6, 6.07) is 4.04. The van der Waals surface area contributed by atoms with Crippen LogP contribution in [0.2, 0.25) is 0 Å². The SMILES string of the molecule is CC1(C(=O)Nc2ccc(F)c([C@]3(C)CS(=O)(=O)[C@]4(CCOC4)C(N)=N3)c2)COC1. The Labute approximate surface area is 168 Å². The maximum atomic E-state index is 14.7. The Balaban J connectivity index is 1.70. The van der Waals surface area contributed by atoms with E-state index in [9.17, 15) is 17.6 Å². The van der Waals surface area contributed by atoms with Gasteiger partial charge in [-0.1, -0.05) is 0 Å². The molecule has 158 valence electrons. The van der Waals surface area contributed by atoms with Gasteiger partial charge < -0.3 is 20.5 Å². The first-order valence-corrected chi connectivity index (χ1v) is 11.0. The fourth-order valence-corrected chi connectivity index (χ4v) is 6.29. The van der Waals surface area contributed by atoms with Gasteiger partial charge in [0.05, 0.1) is 31.0 Å². The van der Waals surface area contributed by atoms with Gasteiger partial charge >= 0.3 is 0 Å². The first-order chi connectivity index (χ1) is 13.5. The van der Waals surface area contributed by atoms with E-state index in [4.69, 9.17) is 15.2 Å². The molecule has 0 aromatic heterocycles. The van der Waals surface area contributed by atoms with Crippen molar-refractivity contribution in [3.63, 3.8) is 0 Å². The molecule has 8 nitrogen and oxygen atoms in total. The van der Waals surface area contributed by atoms with Crippen LogP contribution in [0.25, 0.3) is 0 Å². The van der Waals surface area contributed by atoms with Crippen LogP contribution >= 0.6 is 0 Å². The number of rotatable bonds is 3. The number of hydrogen-bond acceptors (Lipinski definition) is 7. The number of nitrogens with zero attached hydrogens (tertiary/aromatic N) is 1. The number of amides is 1. The maximum absolute atomic E-state index is 14.7. The summed E-state index contributed by atoms with van der Waals surface area (Å²) in [6.45, 7) is 4.18. The number of benzene rings is 1. The number of sulfone groups is 1. The van der Waals surface area contributed by atoms with Gasteiger partial charge in [0.25, 0.3) is 0 Å². The molecule has 0 saturated carbocycles. The van der Waals surface area contributed by atoms with Gasteiger partial charge in [-0.25, -0.2) is 12.8 Å². The standard InChI is InChI=1S/C19H24FN3O5S/c1-17(8-28-9-17)16(24)22-12-3-4-14(20)13(7-12)18(2)11-29(25,26)19(15(21)23-18)5-6-27-10-19/h3-4,7H,5-6,8-11H2,1-2H3,(H2,21,23)(H,22,24)/t18-,19-/m0/s1. The van der Waals surface area contributed by atoms with Crippen LogP contribution < -0.4 is 11.1 Å². The van der Waals surface area contributed by atoms with Crippen molar-refractivity contribution < 1.29 is 27.1 Å². The molecule has 3 aliphatic rings. The Morgan fingerprint density at radius 2 is 1.97 bits per heavy atom.